The number of nitrogens with one attached hydrogen (secondary N) is 1. The number of hydrogen-bond donors (Lipinski definition) is 2. The highest BCUT2D eigenvalue weighted by Gasteiger charge is 2.50. The van der Waals surface area contributed by atoms with Crippen molar-refractivity contribution in [2.75, 3.05) is 20.2 Å². The van der Waals surface area contributed by atoms with Crippen molar-refractivity contribution in [3.63, 3.8) is 0 Å². The average molecular weight is 490 g/mol. The molecule has 1 aliphatic heterocycles. The number of halogens is 6. The van der Waals surface area contributed by atoms with Crippen LogP contribution in [0, 0.1) is 5.92 Å². The highest BCUT2D eigenvalue weighted by atomic mass is 19.4. The summed E-state index contributed by atoms with van der Waals surface area (Å²) < 4.78 is 86.9. The lowest BCUT2D eigenvalue weighted by Gasteiger charge is -2.43. The quantitative estimate of drug-likeness (QED) is 0.492. The van der Waals surface area contributed by atoms with Gasteiger partial charge in [0, 0.05) is 16.8 Å². The van der Waals surface area contributed by atoms with Crippen LogP contribution in [-0.2, 0) is 4.74 Å². The van der Waals surface area contributed by atoms with Crippen LogP contribution < -0.4 is 11.1 Å². The number of methoxy groups -OCH3 is 1. The van der Waals surface area contributed by atoms with Gasteiger partial charge >= 0.3 is 12.4 Å². The number of allylic oxidation sites excluding steroid dienone is 3. The van der Waals surface area contributed by atoms with E-state index < -0.39 is 53.3 Å². The van der Waals surface area contributed by atoms with Crippen LogP contribution in [-0.4, -0.2) is 43.1 Å². The molecule has 0 bridgehead atoms. The molecule has 3 N–H and O–H groups in total. The number of ether oxygens (including phenoxy) is 1. The van der Waals surface area contributed by atoms with Crippen molar-refractivity contribution < 1.29 is 31.1 Å². The predicted octanol–water partition coefficient (Wildman–Crippen LogP) is 5.57. The number of hydrogen-bond acceptors (Lipinski definition) is 4. The molecule has 0 radical (unpaired) electrons. The lowest BCUT2D eigenvalue weighted by Crippen LogP contribution is -2.60. The van der Waals surface area contributed by atoms with Crippen molar-refractivity contribution in [1.82, 2.24) is 10.2 Å². The first-order valence-corrected chi connectivity index (χ1v) is 10.9. The first kappa shape index (κ1) is 26.2. The van der Waals surface area contributed by atoms with E-state index in [2.05, 4.69) is 11.9 Å². The maximum Gasteiger partial charge on any atom is 0.412 e. The molecule has 2 unspecified atom stereocenters. The van der Waals surface area contributed by atoms with Crippen LogP contribution in [0.1, 0.15) is 37.8 Å². The predicted molar refractivity (Wildman–Crippen MR) is 117 cm³/mol. The molecule has 1 heterocycles. The fourth-order valence-corrected chi connectivity index (χ4v) is 4.64. The van der Waals surface area contributed by atoms with Gasteiger partial charge in [0.05, 0.1) is 24.7 Å². The second-order valence-electron chi connectivity index (χ2n) is 8.83. The molecule has 2 aliphatic rings. The molecule has 10 heteroatoms. The van der Waals surface area contributed by atoms with Gasteiger partial charge in [-0.3, -0.25) is 4.90 Å². The molecular weight excluding hydrogens is 460 g/mol. The van der Waals surface area contributed by atoms with Crippen molar-refractivity contribution in [2.24, 2.45) is 11.7 Å². The molecule has 1 fully saturated rings. The Hall–Kier alpha value is -2.46. The third-order valence-electron chi connectivity index (χ3n) is 6.47. The van der Waals surface area contributed by atoms with E-state index in [9.17, 15) is 26.3 Å². The molecule has 1 aromatic rings. The van der Waals surface area contributed by atoms with E-state index >= 15 is 0 Å². The largest absolute Gasteiger partial charge is 0.496 e. The summed E-state index contributed by atoms with van der Waals surface area (Å²) in [6.45, 7) is 7.03. The van der Waals surface area contributed by atoms with Gasteiger partial charge in [-0.25, -0.2) is 0 Å². The normalized spacial score (nSPS) is 22.7. The highest BCUT2D eigenvalue weighted by Crippen LogP contribution is 2.47. The Kier molecular flexibility index (Phi) is 7.43. The molecule has 1 aromatic carbocycles. The van der Waals surface area contributed by atoms with Crippen molar-refractivity contribution in [3.8, 4) is 0 Å². The van der Waals surface area contributed by atoms with E-state index in [1.807, 2.05) is 4.90 Å². The van der Waals surface area contributed by atoms with Crippen LogP contribution in [0.3, 0.4) is 0 Å². The fraction of sp³-hybridized carbons (Fsp3) is 0.500. The minimum Gasteiger partial charge on any atom is -0.496 e. The number of benzene rings is 1. The third kappa shape index (κ3) is 5.43. The lowest BCUT2D eigenvalue weighted by atomic mass is 9.83. The fourth-order valence-electron chi connectivity index (χ4n) is 4.64. The Morgan fingerprint density at radius 3 is 2.21 bits per heavy atom. The Bertz CT molecular complexity index is 944. The van der Waals surface area contributed by atoms with Crippen LogP contribution >= 0.6 is 0 Å². The minimum atomic E-state index is -4.95. The van der Waals surface area contributed by atoms with Gasteiger partial charge in [0.25, 0.3) is 0 Å². The monoisotopic (exact) mass is 489 g/mol. The molecule has 0 aromatic heterocycles. The first-order chi connectivity index (χ1) is 15.8. The molecular formula is C24H29F6N3O. The Morgan fingerprint density at radius 2 is 1.71 bits per heavy atom. The van der Waals surface area contributed by atoms with Gasteiger partial charge in [0.2, 0.25) is 0 Å². The molecule has 34 heavy (non-hydrogen) atoms. The second-order valence-corrected chi connectivity index (χ2v) is 8.83. The molecule has 1 aliphatic carbocycles. The van der Waals surface area contributed by atoms with E-state index in [1.165, 1.54) is 0 Å². The maximum atomic E-state index is 14.0. The molecule has 1 saturated heterocycles. The Morgan fingerprint density at radius 1 is 1.12 bits per heavy atom. The molecule has 3 rings (SSSR count). The van der Waals surface area contributed by atoms with Gasteiger partial charge in [0.15, 0.2) is 0 Å². The number of nitrogens with two attached hydrogens (primary N) is 1. The topological polar surface area (TPSA) is 50.5 Å². The summed E-state index contributed by atoms with van der Waals surface area (Å²) in [4.78, 5) is 2.04. The molecule has 0 spiro atoms. The zero-order chi connectivity index (χ0) is 25.3. The summed E-state index contributed by atoms with van der Waals surface area (Å²) in [6, 6.07) is 8.26. The van der Waals surface area contributed by atoms with Gasteiger partial charge in [-0.2, -0.15) is 26.3 Å². The van der Waals surface area contributed by atoms with E-state index in [0.29, 0.717) is 11.6 Å². The Balaban J connectivity index is 2.06. The molecule has 3 atom stereocenters. The van der Waals surface area contributed by atoms with Gasteiger partial charge in [-0.1, -0.05) is 36.9 Å². The molecule has 0 amide bonds. The smallest absolute Gasteiger partial charge is 0.412 e. The third-order valence-corrected chi connectivity index (χ3v) is 6.47. The summed E-state index contributed by atoms with van der Waals surface area (Å²) in [5, 5.41) is 3.03. The summed E-state index contributed by atoms with van der Waals surface area (Å²) in [5.41, 5.74) is 4.50. The van der Waals surface area contributed by atoms with Gasteiger partial charge in [-0.05, 0) is 50.9 Å². The number of likely N-dealkylation sites (tertiary alicyclic amines) is 1. The Labute approximate surface area is 195 Å². The maximum absolute atomic E-state index is 14.0. The average Bonchev–Trinajstić information content (AvgIpc) is 3.31. The van der Waals surface area contributed by atoms with E-state index in [-0.39, 0.29) is 5.70 Å². The zero-order valence-corrected chi connectivity index (χ0v) is 19.1. The summed E-state index contributed by atoms with van der Waals surface area (Å²) in [6.07, 6.45) is -8.61. The number of nitrogens with zero attached hydrogens (tertiary/aromatic N) is 1. The van der Waals surface area contributed by atoms with Crippen molar-refractivity contribution >= 4 is 0 Å². The number of alkyl halides is 6. The van der Waals surface area contributed by atoms with Gasteiger partial charge in [0.1, 0.15) is 5.76 Å². The van der Waals surface area contributed by atoms with Gasteiger partial charge < -0.3 is 15.8 Å². The number of rotatable bonds is 7. The second kappa shape index (κ2) is 9.65. The zero-order valence-electron chi connectivity index (χ0n) is 19.1. The van der Waals surface area contributed by atoms with E-state index in [1.54, 1.807) is 37.3 Å². The van der Waals surface area contributed by atoms with Gasteiger partial charge in [-0.15, -0.1) is 0 Å². The summed E-state index contributed by atoms with van der Waals surface area (Å²) in [7, 11) is 1.04. The molecule has 188 valence electrons. The standard InChI is InChI=1S/C24H29F6N3O/c1-15(20-18(24(28,29)30)13-17(23(25,26)27)14-19(20)34-3)32-21(16-9-5-4-6-10-16)22(2,31)33-11-7-8-12-33/h4-6,9-10,14,18,21,32H,1,7-8,11-13,31H2,2-3H3/t18?,21?,22-/m1/s1. The minimum absolute atomic E-state index is 0.179. The SMILES string of the molecule is C=C(NC(c1ccccc1)[C@](C)(N)N1CCCC1)C1=C(OC)C=C(C(F)(F)F)CC1C(F)(F)F. The highest BCUT2D eigenvalue weighted by molar-refractivity contribution is 5.44. The van der Waals surface area contributed by atoms with Crippen molar-refractivity contribution in [2.45, 2.75) is 50.2 Å². The van der Waals surface area contributed by atoms with Crippen molar-refractivity contribution in [1.29, 1.82) is 0 Å². The first-order valence-electron chi connectivity index (χ1n) is 10.9. The van der Waals surface area contributed by atoms with Crippen LogP contribution in [0.5, 0.6) is 0 Å². The van der Waals surface area contributed by atoms with Crippen LogP contribution in [0.25, 0.3) is 0 Å². The van der Waals surface area contributed by atoms with Crippen molar-refractivity contribution in [3.05, 3.63) is 71.2 Å². The lowest BCUT2D eigenvalue weighted by molar-refractivity contribution is -0.169. The van der Waals surface area contributed by atoms with E-state index in [0.717, 1.165) is 33.0 Å². The summed E-state index contributed by atoms with van der Waals surface area (Å²) in [5.74, 6) is -2.96. The van der Waals surface area contributed by atoms with E-state index in [4.69, 9.17) is 10.5 Å². The van der Waals surface area contributed by atoms with Crippen LogP contribution in [0.15, 0.2) is 65.6 Å². The van der Waals surface area contributed by atoms with Crippen LogP contribution in [0.4, 0.5) is 26.3 Å². The molecule has 4 nitrogen and oxygen atoms in total. The molecule has 0 saturated carbocycles. The van der Waals surface area contributed by atoms with Crippen LogP contribution in [0.2, 0.25) is 0 Å². The summed E-state index contributed by atoms with van der Waals surface area (Å²) >= 11 is 0.